The second-order valence-electron chi connectivity index (χ2n) is 8.40. The highest BCUT2D eigenvalue weighted by Crippen LogP contribution is 2.29. The van der Waals surface area contributed by atoms with Gasteiger partial charge >= 0.3 is 0 Å². The Kier molecular flexibility index (Phi) is 5.26. The zero-order valence-corrected chi connectivity index (χ0v) is 20.0. The van der Waals surface area contributed by atoms with E-state index in [4.69, 9.17) is 4.74 Å². The Morgan fingerprint density at radius 1 is 0.829 bits per heavy atom. The SMILES string of the molecule is O=c1c(Cc2cccnc2)cn2c3cc(Br)ccc3c(=O)c3cc(OCc4cccnc4)cc1c32. The first-order valence-electron chi connectivity index (χ1n) is 11.1. The molecule has 35 heavy (non-hydrogen) atoms. The topological polar surface area (TPSA) is 73.6 Å². The molecule has 0 radical (unpaired) electrons. The summed E-state index contributed by atoms with van der Waals surface area (Å²) in [5.41, 5.74) is 3.50. The lowest BCUT2D eigenvalue weighted by molar-refractivity contribution is 0.306. The van der Waals surface area contributed by atoms with E-state index < -0.39 is 0 Å². The van der Waals surface area contributed by atoms with Crippen LogP contribution in [0.5, 0.6) is 5.75 Å². The molecule has 7 heteroatoms. The predicted molar refractivity (Wildman–Crippen MR) is 139 cm³/mol. The molecular weight excluding hydrogens is 506 g/mol. The fourth-order valence-electron chi connectivity index (χ4n) is 4.48. The van der Waals surface area contributed by atoms with E-state index in [1.165, 1.54) is 0 Å². The fourth-order valence-corrected chi connectivity index (χ4v) is 4.83. The Bertz CT molecular complexity index is 1820. The first kappa shape index (κ1) is 21.4. The number of hydrogen-bond acceptors (Lipinski definition) is 5. The van der Waals surface area contributed by atoms with Crippen molar-refractivity contribution in [1.29, 1.82) is 0 Å². The standard InChI is InChI=1S/C28H18BrN3O3/c29-20-5-6-22-25(10-20)32-15-19(9-17-3-1-7-30-13-17)27(33)23-11-21(12-24(26(23)32)28(22)34)35-16-18-4-2-8-31-14-18/h1-8,10-15H,9,16H2. The molecule has 6 aromatic rings. The van der Waals surface area contributed by atoms with Crippen LogP contribution < -0.4 is 15.6 Å². The number of halogens is 1. The van der Waals surface area contributed by atoms with Gasteiger partial charge in [-0.1, -0.05) is 28.1 Å². The molecule has 0 aliphatic rings. The molecule has 4 heterocycles. The quantitative estimate of drug-likeness (QED) is 0.231. The molecule has 0 saturated carbocycles. The van der Waals surface area contributed by atoms with Crippen LogP contribution in [0.4, 0.5) is 0 Å². The summed E-state index contributed by atoms with van der Waals surface area (Å²) in [6.45, 7) is 0.278. The van der Waals surface area contributed by atoms with E-state index in [9.17, 15) is 9.59 Å². The van der Waals surface area contributed by atoms with E-state index in [-0.39, 0.29) is 17.5 Å². The Labute approximate surface area is 208 Å². The van der Waals surface area contributed by atoms with Crippen molar-refractivity contribution >= 4 is 43.1 Å². The summed E-state index contributed by atoms with van der Waals surface area (Å²) >= 11 is 3.52. The second-order valence-corrected chi connectivity index (χ2v) is 9.31. The zero-order valence-electron chi connectivity index (χ0n) is 18.4. The molecule has 0 atom stereocenters. The number of rotatable bonds is 5. The third-order valence-electron chi connectivity index (χ3n) is 6.10. The van der Waals surface area contributed by atoms with Crippen molar-refractivity contribution in [3.63, 3.8) is 0 Å². The lowest BCUT2D eigenvalue weighted by Crippen LogP contribution is -2.17. The summed E-state index contributed by atoms with van der Waals surface area (Å²) in [6, 6.07) is 16.6. The minimum atomic E-state index is -0.135. The van der Waals surface area contributed by atoms with Crippen molar-refractivity contribution < 1.29 is 4.74 Å². The molecule has 170 valence electrons. The van der Waals surface area contributed by atoms with E-state index in [1.54, 1.807) is 43.0 Å². The van der Waals surface area contributed by atoms with Crippen LogP contribution >= 0.6 is 15.9 Å². The summed E-state index contributed by atoms with van der Waals surface area (Å²) < 4.78 is 8.82. The first-order chi connectivity index (χ1) is 17.1. The van der Waals surface area contributed by atoms with E-state index in [1.807, 2.05) is 47.0 Å². The summed E-state index contributed by atoms with van der Waals surface area (Å²) in [7, 11) is 0. The van der Waals surface area contributed by atoms with Crippen LogP contribution in [0.2, 0.25) is 0 Å². The smallest absolute Gasteiger partial charge is 0.197 e. The highest BCUT2D eigenvalue weighted by molar-refractivity contribution is 9.10. The zero-order chi connectivity index (χ0) is 23.9. The van der Waals surface area contributed by atoms with E-state index >= 15 is 0 Å². The minimum absolute atomic E-state index is 0.126. The number of benzene rings is 2. The normalized spacial score (nSPS) is 11.5. The van der Waals surface area contributed by atoms with Gasteiger partial charge in [0.1, 0.15) is 12.4 Å². The van der Waals surface area contributed by atoms with E-state index in [0.29, 0.717) is 39.4 Å². The molecule has 0 fully saturated rings. The molecule has 0 spiro atoms. The van der Waals surface area contributed by atoms with Crippen LogP contribution in [0.15, 0.2) is 99.6 Å². The van der Waals surface area contributed by atoms with Gasteiger partial charge in [0.15, 0.2) is 10.9 Å². The van der Waals surface area contributed by atoms with Crippen LogP contribution in [-0.4, -0.2) is 14.4 Å². The maximum Gasteiger partial charge on any atom is 0.197 e. The molecule has 6 rings (SSSR count). The summed E-state index contributed by atoms with van der Waals surface area (Å²) in [4.78, 5) is 35.5. The van der Waals surface area contributed by atoms with Crippen LogP contribution in [0.1, 0.15) is 16.7 Å². The van der Waals surface area contributed by atoms with Gasteiger partial charge in [0.05, 0.1) is 21.8 Å². The molecule has 0 amide bonds. The molecule has 2 aromatic carbocycles. The number of hydrogen-bond donors (Lipinski definition) is 0. The van der Waals surface area contributed by atoms with Crippen molar-refractivity contribution in [3.05, 3.63) is 127 Å². The second kappa shape index (κ2) is 8.60. The average Bonchev–Trinajstić information content (AvgIpc) is 2.89. The fraction of sp³-hybridized carbons (Fsp3) is 0.0714. The molecular formula is C28H18BrN3O3. The van der Waals surface area contributed by atoms with Crippen LogP contribution in [0.3, 0.4) is 0 Å². The molecule has 0 aliphatic carbocycles. The molecule has 0 bridgehead atoms. The molecule has 0 N–H and O–H groups in total. The maximum atomic E-state index is 13.7. The molecule has 4 aromatic heterocycles. The van der Waals surface area contributed by atoms with Gasteiger partial charge in [-0.25, -0.2) is 0 Å². The van der Waals surface area contributed by atoms with Gasteiger partial charge < -0.3 is 9.14 Å². The van der Waals surface area contributed by atoms with Gasteiger partial charge in [-0.05, 0) is 48.0 Å². The predicted octanol–water partition coefficient (Wildman–Crippen LogP) is 5.13. The monoisotopic (exact) mass is 523 g/mol. The van der Waals surface area contributed by atoms with Crippen molar-refractivity contribution in [1.82, 2.24) is 14.4 Å². The third kappa shape index (κ3) is 3.84. The highest BCUT2D eigenvalue weighted by Gasteiger charge is 2.18. The Hall–Kier alpha value is -4.10. The minimum Gasteiger partial charge on any atom is -0.489 e. The number of pyridine rings is 4. The van der Waals surface area contributed by atoms with Crippen molar-refractivity contribution in [2.24, 2.45) is 0 Å². The van der Waals surface area contributed by atoms with Gasteiger partial charge in [0.2, 0.25) is 0 Å². The van der Waals surface area contributed by atoms with Crippen molar-refractivity contribution in [3.8, 4) is 5.75 Å². The lowest BCUT2D eigenvalue weighted by atomic mass is 10.0. The molecule has 6 nitrogen and oxygen atoms in total. The Morgan fingerprint density at radius 3 is 2.26 bits per heavy atom. The Morgan fingerprint density at radius 2 is 1.54 bits per heavy atom. The number of nitrogens with zero attached hydrogens (tertiary/aromatic N) is 3. The summed E-state index contributed by atoms with van der Waals surface area (Å²) in [5.74, 6) is 0.465. The molecule has 0 aliphatic heterocycles. The van der Waals surface area contributed by atoms with Gasteiger partial charge in [-0.15, -0.1) is 0 Å². The van der Waals surface area contributed by atoms with Gasteiger partial charge in [-0.2, -0.15) is 0 Å². The van der Waals surface area contributed by atoms with E-state index in [0.717, 1.165) is 21.1 Å². The number of ether oxygens (including phenoxy) is 1. The summed E-state index contributed by atoms with van der Waals surface area (Å²) in [5, 5.41) is 1.47. The van der Waals surface area contributed by atoms with Crippen LogP contribution in [-0.2, 0) is 13.0 Å². The van der Waals surface area contributed by atoms with Gasteiger partial charge in [0, 0.05) is 58.4 Å². The largest absolute Gasteiger partial charge is 0.489 e. The van der Waals surface area contributed by atoms with Gasteiger partial charge in [0.25, 0.3) is 0 Å². The van der Waals surface area contributed by atoms with Crippen molar-refractivity contribution in [2.75, 3.05) is 0 Å². The van der Waals surface area contributed by atoms with Crippen LogP contribution in [0.25, 0.3) is 27.2 Å². The third-order valence-corrected chi connectivity index (χ3v) is 6.59. The lowest BCUT2D eigenvalue weighted by Gasteiger charge is -2.15. The van der Waals surface area contributed by atoms with Crippen molar-refractivity contribution in [2.45, 2.75) is 13.0 Å². The van der Waals surface area contributed by atoms with Gasteiger partial charge in [-0.3, -0.25) is 19.6 Å². The molecule has 0 saturated heterocycles. The highest BCUT2D eigenvalue weighted by atomic mass is 79.9. The molecule has 0 unspecified atom stereocenters. The number of fused-ring (bicyclic) bond motifs is 2. The summed E-state index contributed by atoms with van der Waals surface area (Å²) in [6.07, 6.45) is 9.16. The Balaban J connectivity index is 1.62. The van der Waals surface area contributed by atoms with Crippen LogP contribution in [0, 0.1) is 0 Å². The van der Waals surface area contributed by atoms with E-state index in [2.05, 4.69) is 25.9 Å². The average molecular weight is 524 g/mol. The first-order valence-corrected chi connectivity index (χ1v) is 11.9. The number of aromatic nitrogens is 3. The maximum absolute atomic E-state index is 13.7.